The molecule has 0 saturated heterocycles. The van der Waals surface area contributed by atoms with Crippen LogP contribution >= 0.6 is 0 Å². The number of nitrogens with one attached hydrogen (secondary N) is 1. The Hall–Kier alpha value is -3.15. The van der Waals surface area contributed by atoms with Crippen LogP contribution in [0.4, 0.5) is 5.82 Å². The fourth-order valence-corrected chi connectivity index (χ4v) is 3.28. The van der Waals surface area contributed by atoms with Gasteiger partial charge in [-0.3, -0.25) is 4.79 Å². The predicted octanol–water partition coefficient (Wildman–Crippen LogP) is 3.88. The summed E-state index contributed by atoms with van der Waals surface area (Å²) in [6, 6.07) is 13.2. The lowest BCUT2D eigenvalue weighted by Crippen LogP contribution is -2.13. The minimum atomic E-state index is -0.293. The molecule has 1 aliphatic carbocycles. The molecule has 1 aromatic heterocycles. The molecule has 6 nitrogen and oxygen atoms in total. The SMILES string of the molecule is COc1cccc(C(=O)Nc2nonc2-c2ccc3c(c2)CCCC3)c1. The van der Waals surface area contributed by atoms with Gasteiger partial charge in [0, 0.05) is 11.1 Å². The van der Waals surface area contributed by atoms with E-state index in [-0.39, 0.29) is 5.91 Å². The number of nitrogens with zero attached hydrogens (tertiary/aromatic N) is 2. The average Bonchev–Trinajstić information content (AvgIpc) is 3.15. The maximum atomic E-state index is 12.5. The molecule has 1 aliphatic rings. The Bertz CT molecular complexity index is 949. The first-order valence-electron chi connectivity index (χ1n) is 8.65. The number of carbonyl (C=O) groups is 1. The number of rotatable bonds is 4. The lowest BCUT2D eigenvalue weighted by atomic mass is 9.90. The molecule has 6 heteroatoms. The van der Waals surface area contributed by atoms with E-state index >= 15 is 0 Å². The van der Waals surface area contributed by atoms with Crippen LogP contribution in [0.15, 0.2) is 47.1 Å². The minimum absolute atomic E-state index is 0.293. The molecule has 26 heavy (non-hydrogen) atoms. The fourth-order valence-electron chi connectivity index (χ4n) is 3.28. The molecule has 0 fully saturated rings. The van der Waals surface area contributed by atoms with Gasteiger partial charge in [-0.2, -0.15) is 0 Å². The number of hydrogen-bond acceptors (Lipinski definition) is 5. The number of carbonyl (C=O) groups excluding carboxylic acids is 1. The number of benzene rings is 2. The lowest BCUT2D eigenvalue weighted by molar-refractivity contribution is 0.102. The van der Waals surface area contributed by atoms with Gasteiger partial charge in [0.1, 0.15) is 5.75 Å². The number of aromatic nitrogens is 2. The van der Waals surface area contributed by atoms with Crippen LogP contribution in [0.3, 0.4) is 0 Å². The molecule has 1 amide bonds. The third kappa shape index (κ3) is 3.18. The summed E-state index contributed by atoms with van der Waals surface area (Å²) in [5.41, 5.74) is 4.63. The Labute approximate surface area is 151 Å². The lowest BCUT2D eigenvalue weighted by Gasteiger charge is -2.16. The molecular formula is C20H19N3O3. The number of methoxy groups -OCH3 is 1. The van der Waals surface area contributed by atoms with Crippen molar-refractivity contribution >= 4 is 11.7 Å². The van der Waals surface area contributed by atoms with Crippen LogP contribution in [0, 0.1) is 0 Å². The third-order valence-corrected chi connectivity index (χ3v) is 4.67. The summed E-state index contributed by atoms with van der Waals surface area (Å²) in [4.78, 5) is 12.5. The molecule has 0 bridgehead atoms. The molecule has 1 N–H and O–H groups in total. The largest absolute Gasteiger partial charge is 0.497 e. The van der Waals surface area contributed by atoms with Gasteiger partial charge >= 0.3 is 0 Å². The van der Waals surface area contributed by atoms with Gasteiger partial charge in [-0.15, -0.1) is 0 Å². The summed E-state index contributed by atoms with van der Waals surface area (Å²) in [7, 11) is 1.56. The van der Waals surface area contributed by atoms with Crippen LogP contribution in [0.25, 0.3) is 11.3 Å². The van der Waals surface area contributed by atoms with Crippen LogP contribution in [-0.4, -0.2) is 23.3 Å². The first-order valence-corrected chi connectivity index (χ1v) is 8.65. The average molecular weight is 349 g/mol. The van der Waals surface area contributed by atoms with Crippen molar-refractivity contribution in [3.63, 3.8) is 0 Å². The van der Waals surface area contributed by atoms with Gasteiger partial charge in [-0.05, 0) is 71.4 Å². The number of ether oxygens (including phenoxy) is 1. The Morgan fingerprint density at radius 2 is 1.92 bits per heavy atom. The number of aryl methyl sites for hydroxylation is 2. The van der Waals surface area contributed by atoms with Gasteiger partial charge in [0.15, 0.2) is 5.69 Å². The van der Waals surface area contributed by atoms with E-state index in [0.717, 1.165) is 18.4 Å². The topological polar surface area (TPSA) is 77.2 Å². The van der Waals surface area contributed by atoms with Gasteiger partial charge in [-0.1, -0.05) is 18.2 Å². The number of amides is 1. The van der Waals surface area contributed by atoms with Crippen LogP contribution in [0.1, 0.15) is 34.3 Å². The molecule has 0 saturated carbocycles. The van der Waals surface area contributed by atoms with Gasteiger partial charge < -0.3 is 10.1 Å². The second-order valence-electron chi connectivity index (χ2n) is 6.34. The van der Waals surface area contributed by atoms with E-state index in [1.165, 1.54) is 24.0 Å². The predicted molar refractivity (Wildman–Crippen MR) is 97.3 cm³/mol. The second-order valence-corrected chi connectivity index (χ2v) is 6.34. The van der Waals surface area contributed by atoms with E-state index in [4.69, 9.17) is 9.37 Å². The quantitative estimate of drug-likeness (QED) is 0.773. The van der Waals surface area contributed by atoms with Gasteiger partial charge in [0.25, 0.3) is 5.91 Å². The number of anilines is 1. The normalized spacial score (nSPS) is 13.1. The third-order valence-electron chi connectivity index (χ3n) is 4.67. The van der Waals surface area contributed by atoms with E-state index < -0.39 is 0 Å². The van der Waals surface area contributed by atoms with Crippen molar-refractivity contribution in [2.75, 3.05) is 12.4 Å². The van der Waals surface area contributed by atoms with Crippen molar-refractivity contribution < 1.29 is 14.2 Å². The van der Waals surface area contributed by atoms with E-state index in [1.807, 2.05) is 6.07 Å². The fraction of sp³-hybridized carbons (Fsp3) is 0.250. The highest BCUT2D eigenvalue weighted by Crippen LogP contribution is 2.30. The minimum Gasteiger partial charge on any atom is -0.497 e. The summed E-state index contributed by atoms with van der Waals surface area (Å²) >= 11 is 0. The second kappa shape index (κ2) is 7.00. The molecule has 0 spiro atoms. The molecule has 132 valence electrons. The van der Waals surface area contributed by atoms with E-state index in [0.29, 0.717) is 22.8 Å². The van der Waals surface area contributed by atoms with Crippen molar-refractivity contribution in [1.82, 2.24) is 10.3 Å². The first-order chi connectivity index (χ1) is 12.7. The maximum Gasteiger partial charge on any atom is 0.257 e. The molecule has 1 heterocycles. The van der Waals surface area contributed by atoms with Crippen molar-refractivity contribution in [2.45, 2.75) is 25.7 Å². The summed E-state index contributed by atoms with van der Waals surface area (Å²) in [6.07, 6.45) is 4.62. The Morgan fingerprint density at radius 1 is 1.08 bits per heavy atom. The zero-order chi connectivity index (χ0) is 17.9. The van der Waals surface area contributed by atoms with Crippen LogP contribution in [0.5, 0.6) is 5.75 Å². The molecule has 2 aromatic carbocycles. The van der Waals surface area contributed by atoms with Gasteiger partial charge in [0.2, 0.25) is 5.82 Å². The highest BCUT2D eigenvalue weighted by Gasteiger charge is 2.18. The number of hydrogen-bond donors (Lipinski definition) is 1. The zero-order valence-corrected chi connectivity index (χ0v) is 14.5. The number of fused-ring (bicyclic) bond motifs is 1. The van der Waals surface area contributed by atoms with Crippen LogP contribution in [-0.2, 0) is 12.8 Å². The standard InChI is InChI=1S/C20H19N3O3/c1-25-17-8-4-7-16(12-17)20(24)21-19-18(22-26-23-19)15-10-9-13-5-2-3-6-14(13)11-15/h4,7-12H,2-3,5-6H2,1H3,(H,21,23,24). The summed E-state index contributed by atoms with van der Waals surface area (Å²) in [6.45, 7) is 0. The van der Waals surface area contributed by atoms with Crippen molar-refractivity contribution in [1.29, 1.82) is 0 Å². The molecular weight excluding hydrogens is 330 g/mol. The maximum absolute atomic E-state index is 12.5. The highest BCUT2D eigenvalue weighted by molar-refractivity contribution is 6.05. The molecule has 0 atom stereocenters. The zero-order valence-electron chi connectivity index (χ0n) is 14.5. The van der Waals surface area contributed by atoms with Crippen molar-refractivity contribution in [3.05, 3.63) is 59.2 Å². The highest BCUT2D eigenvalue weighted by atomic mass is 16.6. The monoisotopic (exact) mass is 349 g/mol. The molecule has 0 radical (unpaired) electrons. The summed E-state index contributed by atoms with van der Waals surface area (Å²) in [5, 5.41) is 10.6. The summed E-state index contributed by atoms with van der Waals surface area (Å²) < 4.78 is 10.0. The van der Waals surface area contributed by atoms with Crippen LogP contribution in [0.2, 0.25) is 0 Å². The molecule has 0 aliphatic heterocycles. The van der Waals surface area contributed by atoms with Gasteiger partial charge in [0.05, 0.1) is 7.11 Å². The van der Waals surface area contributed by atoms with E-state index in [9.17, 15) is 4.79 Å². The van der Waals surface area contributed by atoms with Gasteiger partial charge in [-0.25, -0.2) is 4.63 Å². The summed E-state index contributed by atoms with van der Waals surface area (Å²) in [5.74, 6) is 0.637. The van der Waals surface area contributed by atoms with Crippen molar-refractivity contribution in [2.24, 2.45) is 0 Å². The van der Waals surface area contributed by atoms with E-state index in [2.05, 4.69) is 27.8 Å². The van der Waals surface area contributed by atoms with Crippen LogP contribution < -0.4 is 10.1 Å². The Morgan fingerprint density at radius 3 is 2.77 bits per heavy atom. The smallest absolute Gasteiger partial charge is 0.257 e. The Balaban J connectivity index is 1.60. The van der Waals surface area contributed by atoms with Crippen molar-refractivity contribution in [3.8, 4) is 17.0 Å². The molecule has 3 aromatic rings. The molecule has 4 rings (SSSR count). The Kier molecular flexibility index (Phi) is 4.39. The first kappa shape index (κ1) is 16.3. The molecule has 0 unspecified atom stereocenters. The van der Waals surface area contributed by atoms with E-state index in [1.54, 1.807) is 31.4 Å².